The molecule has 4 amide bonds. The molecule has 2 aliphatic heterocycles. The first-order valence-electron chi connectivity index (χ1n) is 8.41. The number of amides is 4. The molecule has 1 unspecified atom stereocenters. The number of carbonyl (C=O) groups is 5. The van der Waals surface area contributed by atoms with Crippen LogP contribution in [0.1, 0.15) is 43.9 Å². The van der Waals surface area contributed by atoms with Crippen LogP contribution < -0.4 is 5.32 Å². The molecule has 7 heteroatoms. The third-order valence-corrected chi connectivity index (χ3v) is 4.80. The molecule has 1 saturated heterocycles. The number of benzene rings is 2. The Kier molecular flexibility index (Phi) is 3.92. The van der Waals surface area contributed by atoms with Crippen molar-refractivity contribution in [1.29, 1.82) is 0 Å². The maximum absolute atomic E-state index is 12.8. The van der Waals surface area contributed by atoms with E-state index in [2.05, 4.69) is 5.32 Å². The first-order valence-corrected chi connectivity index (χ1v) is 8.41. The first-order chi connectivity index (χ1) is 13.0. The number of hydrogen-bond donors (Lipinski definition) is 1. The monoisotopic (exact) mass is 362 g/mol. The van der Waals surface area contributed by atoms with Gasteiger partial charge in [-0.05, 0) is 35.7 Å². The molecule has 7 nitrogen and oxygen atoms in total. The lowest BCUT2D eigenvalue weighted by Crippen LogP contribution is -2.54. The van der Waals surface area contributed by atoms with Crippen molar-refractivity contribution in [3.8, 4) is 11.1 Å². The Morgan fingerprint density at radius 1 is 0.926 bits per heavy atom. The Bertz CT molecular complexity index is 1030. The molecule has 2 heterocycles. The minimum absolute atomic E-state index is 0.0769. The Morgan fingerprint density at radius 3 is 2.41 bits per heavy atom. The van der Waals surface area contributed by atoms with Crippen LogP contribution >= 0.6 is 0 Å². The third kappa shape index (κ3) is 2.73. The van der Waals surface area contributed by atoms with Gasteiger partial charge < -0.3 is 0 Å². The molecular formula is C20H14N2O5. The van der Waals surface area contributed by atoms with Crippen molar-refractivity contribution in [2.45, 2.75) is 18.9 Å². The number of nitrogens with one attached hydrogen (secondary N) is 1. The Morgan fingerprint density at radius 2 is 1.67 bits per heavy atom. The highest BCUT2D eigenvalue weighted by Gasteiger charge is 2.44. The van der Waals surface area contributed by atoms with Gasteiger partial charge in [0, 0.05) is 12.0 Å². The van der Waals surface area contributed by atoms with Gasteiger partial charge in [0.2, 0.25) is 11.8 Å². The number of fused-ring (bicyclic) bond motifs is 1. The van der Waals surface area contributed by atoms with Gasteiger partial charge >= 0.3 is 0 Å². The van der Waals surface area contributed by atoms with E-state index in [4.69, 9.17) is 0 Å². The van der Waals surface area contributed by atoms with E-state index in [9.17, 15) is 24.0 Å². The summed E-state index contributed by atoms with van der Waals surface area (Å²) in [7, 11) is 0. The highest BCUT2D eigenvalue weighted by Crippen LogP contribution is 2.31. The molecule has 1 N–H and O–H groups in total. The maximum atomic E-state index is 12.8. The van der Waals surface area contributed by atoms with E-state index in [-0.39, 0.29) is 24.0 Å². The Hall–Kier alpha value is -3.61. The quantitative estimate of drug-likeness (QED) is 0.660. The lowest BCUT2D eigenvalue weighted by atomic mass is 9.99. The molecule has 1 fully saturated rings. The number of nitrogens with zero attached hydrogens (tertiary/aromatic N) is 1. The predicted octanol–water partition coefficient (Wildman–Crippen LogP) is 1.57. The number of aldehydes is 1. The topological polar surface area (TPSA) is 101 Å². The lowest BCUT2D eigenvalue weighted by molar-refractivity contribution is -0.136. The van der Waals surface area contributed by atoms with Crippen LogP contribution in [-0.4, -0.2) is 40.9 Å². The molecule has 0 saturated carbocycles. The average Bonchev–Trinajstić information content (AvgIpc) is 2.92. The molecule has 0 aromatic heterocycles. The molecule has 0 bridgehead atoms. The van der Waals surface area contributed by atoms with E-state index in [0.717, 1.165) is 16.7 Å². The van der Waals surface area contributed by atoms with Gasteiger partial charge in [0.1, 0.15) is 12.3 Å². The van der Waals surface area contributed by atoms with Gasteiger partial charge in [-0.3, -0.25) is 34.2 Å². The van der Waals surface area contributed by atoms with Crippen molar-refractivity contribution in [2.24, 2.45) is 0 Å². The number of piperidine rings is 1. The second-order valence-electron chi connectivity index (χ2n) is 6.45. The number of imide groups is 2. The highest BCUT2D eigenvalue weighted by atomic mass is 16.2. The third-order valence-electron chi connectivity index (χ3n) is 4.80. The molecule has 4 rings (SSSR count). The summed E-state index contributed by atoms with van der Waals surface area (Å²) in [5, 5.41) is 2.17. The smallest absolute Gasteiger partial charge is 0.262 e. The Balaban J connectivity index is 1.70. The van der Waals surface area contributed by atoms with E-state index < -0.39 is 29.7 Å². The summed E-state index contributed by atoms with van der Waals surface area (Å²) < 4.78 is 0. The molecule has 2 aliphatic rings. The second kappa shape index (κ2) is 6.28. The second-order valence-corrected chi connectivity index (χ2v) is 6.45. The fourth-order valence-corrected chi connectivity index (χ4v) is 3.44. The first kappa shape index (κ1) is 16.8. The molecule has 0 spiro atoms. The predicted molar refractivity (Wildman–Crippen MR) is 93.9 cm³/mol. The highest BCUT2D eigenvalue weighted by molar-refractivity contribution is 6.23. The van der Waals surface area contributed by atoms with E-state index in [1.807, 2.05) is 0 Å². The van der Waals surface area contributed by atoms with Gasteiger partial charge in [0.25, 0.3) is 11.8 Å². The van der Waals surface area contributed by atoms with Crippen molar-refractivity contribution in [3.05, 3.63) is 59.2 Å². The van der Waals surface area contributed by atoms with Crippen LogP contribution in [0.3, 0.4) is 0 Å². The number of hydrogen-bond acceptors (Lipinski definition) is 5. The molecule has 0 aliphatic carbocycles. The van der Waals surface area contributed by atoms with Crippen molar-refractivity contribution in [3.63, 3.8) is 0 Å². The van der Waals surface area contributed by atoms with Gasteiger partial charge in [-0.2, -0.15) is 0 Å². The molecule has 1 atom stereocenters. The normalized spacial score (nSPS) is 19.1. The van der Waals surface area contributed by atoms with Crippen LogP contribution in [0.2, 0.25) is 0 Å². The summed E-state index contributed by atoms with van der Waals surface area (Å²) in [5.41, 5.74) is 2.35. The van der Waals surface area contributed by atoms with Crippen LogP contribution in [0.15, 0.2) is 42.5 Å². The van der Waals surface area contributed by atoms with Crippen molar-refractivity contribution in [1.82, 2.24) is 10.2 Å². The Labute approximate surface area is 154 Å². The van der Waals surface area contributed by atoms with Gasteiger partial charge in [-0.15, -0.1) is 0 Å². The standard InChI is InChI=1S/C20H14N2O5/c23-10-11-2-1-3-12(8-11)13-4-5-14-15(9-13)20(27)22(19(14)26)16-6-7-17(24)21-18(16)25/h1-5,8-10,16H,6-7H2,(H,21,24,25). The van der Waals surface area contributed by atoms with Crippen molar-refractivity contribution in [2.75, 3.05) is 0 Å². The summed E-state index contributed by atoms with van der Waals surface area (Å²) in [6.45, 7) is 0. The van der Waals surface area contributed by atoms with E-state index in [1.165, 1.54) is 0 Å². The van der Waals surface area contributed by atoms with Gasteiger partial charge in [-0.1, -0.05) is 24.3 Å². The minimum atomic E-state index is -0.989. The fraction of sp³-hybridized carbons (Fsp3) is 0.150. The summed E-state index contributed by atoms with van der Waals surface area (Å²) in [6, 6.07) is 10.7. The van der Waals surface area contributed by atoms with Crippen LogP contribution in [0.25, 0.3) is 11.1 Å². The van der Waals surface area contributed by atoms with Gasteiger partial charge in [-0.25, -0.2) is 0 Å². The molecular weight excluding hydrogens is 348 g/mol. The summed E-state index contributed by atoms with van der Waals surface area (Å²) in [4.78, 5) is 60.8. The summed E-state index contributed by atoms with van der Waals surface area (Å²) in [6.07, 6.45) is 0.925. The average molecular weight is 362 g/mol. The molecule has 0 radical (unpaired) electrons. The molecule has 2 aromatic carbocycles. The van der Waals surface area contributed by atoms with E-state index in [0.29, 0.717) is 11.1 Å². The minimum Gasteiger partial charge on any atom is -0.298 e. The largest absolute Gasteiger partial charge is 0.298 e. The fourth-order valence-electron chi connectivity index (χ4n) is 3.44. The molecule has 27 heavy (non-hydrogen) atoms. The van der Waals surface area contributed by atoms with E-state index in [1.54, 1.807) is 42.5 Å². The van der Waals surface area contributed by atoms with E-state index >= 15 is 0 Å². The summed E-state index contributed by atoms with van der Waals surface area (Å²) >= 11 is 0. The summed E-state index contributed by atoms with van der Waals surface area (Å²) in [5.74, 6) is -2.15. The molecule has 134 valence electrons. The maximum Gasteiger partial charge on any atom is 0.262 e. The zero-order chi connectivity index (χ0) is 19.1. The zero-order valence-electron chi connectivity index (χ0n) is 14.1. The zero-order valence-corrected chi connectivity index (χ0v) is 14.1. The number of carbonyl (C=O) groups excluding carboxylic acids is 5. The van der Waals surface area contributed by atoms with Crippen LogP contribution in [-0.2, 0) is 9.59 Å². The van der Waals surface area contributed by atoms with Crippen molar-refractivity contribution >= 4 is 29.9 Å². The van der Waals surface area contributed by atoms with Crippen molar-refractivity contribution < 1.29 is 24.0 Å². The van der Waals surface area contributed by atoms with Gasteiger partial charge in [0.05, 0.1) is 11.1 Å². The number of rotatable bonds is 3. The molecule has 2 aromatic rings. The van der Waals surface area contributed by atoms with Crippen LogP contribution in [0.5, 0.6) is 0 Å². The van der Waals surface area contributed by atoms with Gasteiger partial charge in [0.15, 0.2) is 0 Å². The lowest BCUT2D eigenvalue weighted by Gasteiger charge is -2.27. The van der Waals surface area contributed by atoms with Crippen LogP contribution in [0, 0.1) is 0 Å². The van der Waals surface area contributed by atoms with Crippen LogP contribution in [0.4, 0.5) is 0 Å². The SMILES string of the molecule is O=Cc1cccc(-c2ccc3c(c2)C(=O)N(C2CCC(=O)NC2=O)C3=O)c1.